The first kappa shape index (κ1) is 14.7. The Morgan fingerprint density at radius 1 is 1.33 bits per heavy atom. The van der Waals surface area contributed by atoms with E-state index < -0.39 is 17.9 Å². The Kier molecular flexibility index (Phi) is 3.98. The number of rotatable bonds is 4. The van der Waals surface area contributed by atoms with Crippen LogP contribution in [0.4, 0.5) is 0 Å². The summed E-state index contributed by atoms with van der Waals surface area (Å²) in [4.78, 5) is 25.0. The van der Waals surface area contributed by atoms with E-state index in [9.17, 15) is 14.9 Å². The normalized spacial score (nSPS) is 16.2. The number of carbonyl (C=O) groups excluding carboxylic acids is 2. The van der Waals surface area contributed by atoms with Crippen molar-refractivity contribution in [3.63, 3.8) is 0 Å². The molecule has 7 heteroatoms. The summed E-state index contributed by atoms with van der Waals surface area (Å²) in [7, 11) is 4.13. The van der Waals surface area contributed by atoms with Crippen LogP contribution in [0.2, 0.25) is 0 Å². The van der Waals surface area contributed by atoms with E-state index >= 15 is 0 Å². The summed E-state index contributed by atoms with van der Waals surface area (Å²) in [6, 6.07) is 4.25. The van der Waals surface area contributed by atoms with Gasteiger partial charge < -0.3 is 19.1 Å². The molecule has 1 aromatic rings. The zero-order valence-corrected chi connectivity index (χ0v) is 11.9. The molecule has 1 aliphatic rings. The average molecular weight is 290 g/mol. The lowest BCUT2D eigenvalue weighted by atomic mass is 10.0. The number of ether oxygens (including phenoxy) is 3. The quantitative estimate of drug-likeness (QED) is 0.765. The Morgan fingerprint density at radius 3 is 2.57 bits per heavy atom. The molecule has 1 heterocycles. The number of esters is 1. The number of carbonyl (C=O) groups is 2. The van der Waals surface area contributed by atoms with E-state index in [1.165, 1.54) is 27.4 Å². The number of benzene rings is 1. The molecule has 0 radical (unpaired) electrons. The van der Waals surface area contributed by atoms with Gasteiger partial charge in [0.2, 0.25) is 0 Å². The first-order chi connectivity index (χ1) is 10.1. The van der Waals surface area contributed by atoms with Gasteiger partial charge in [-0.25, -0.2) is 0 Å². The predicted molar refractivity (Wildman–Crippen MR) is 71.0 cm³/mol. The Morgan fingerprint density at radius 2 is 2.05 bits per heavy atom. The van der Waals surface area contributed by atoms with Crippen molar-refractivity contribution >= 4 is 11.9 Å². The first-order valence-corrected chi connectivity index (χ1v) is 6.10. The lowest BCUT2D eigenvalue weighted by Gasteiger charge is -2.18. The van der Waals surface area contributed by atoms with E-state index in [1.54, 1.807) is 6.07 Å². The van der Waals surface area contributed by atoms with Gasteiger partial charge in [0.1, 0.15) is 24.1 Å². The average Bonchev–Trinajstić information content (AvgIpc) is 2.78. The van der Waals surface area contributed by atoms with Gasteiger partial charge in [-0.15, -0.1) is 0 Å². The van der Waals surface area contributed by atoms with Crippen LogP contribution < -0.4 is 9.47 Å². The maximum atomic E-state index is 12.4. The Labute approximate surface area is 121 Å². The highest BCUT2D eigenvalue weighted by atomic mass is 16.5. The number of fused-ring (bicyclic) bond motifs is 1. The molecule has 0 aromatic heterocycles. The molecule has 1 aromatic carbocycles. The largest absolute Gasteiger partial charge is 0.497 e. The van der Waals surface area contributed by atoms with Crippen molar-refractivity contribution in [2.24, 2.45) is 0 Å². The smallest absolute Gasteiger partial charge is 0.325 e. The van der Waals surface area contributed by atoms with E-state index in [4.69, 9.17) is 9.47 Å². The zero-order valence-electron chi connectivity index (χ0n) is 11.9. The molecule has 0 spiro atoms. The molecule has 0 aliphatic carbocycles. The van der Waals surface area contributed by atoms with Crippen LogP contribution in [0.5, 0.6) is 11.5 Å². The number of methoxy groups -OCH3 is 3. The minimum absolute atomic E-state index is 0.293. The number of hydrogen-bond donors (Lipinski definition) is 0. The highest BCUT2D eigenvalue weighted by Gasteiger charge is 2.41. The fraction of sp³-hybridized carbons (Fsp3) is 0.357. The minimum atomic E-state index is -0.896. The fourth-order valence-electron chi connectivity index (χ4n) is 2.28. The van der Waals surface area contributed by atoms with Gasteiger partial charge in [-0.05, 0) is 6.07 Å². The second kappa shape index (κ2) is 5.71. The van der Waals surface area contributed by atoms with Crippen LogP contribution >= 0.6 is 0 Å². The van der Waals surface area contributed by atoms with Gasteiger partial charge in [0, 0.05) is 11.6 Å². The molecule has 0 fully saturated rings. The molecule has 1 atom stereocenters. The molecular formula is C14H14N2O5. The van der Waals surface area contributed by atoms with Crippen LogP contribution in [0.1, 0.15) is 22.0 Å². The van der Waals surface area contributed by atoms with Gasteiger partial charge in [0.05, 0.1) is 33.0 Å². The highest BCUT2D eigenvalue weighted by molar-refractivity contribution is 6.02. The minimum Gasteiger partial charge on any atom is -0.497 e. The molecule has 0 bridgehead atoms. The van der Waals surface area contributed by atoms with Gasteiger partial charge in [0.15, 0.2) is 0 Å². The van der Waals surface area contributed by atoms with E-state index in [0.717, 1.165) is 4.90 Å². The third kappa shape index (κ3) is 2.36. The molecule has 0 N–H and O–H groups in total. The number of hydrogen-bond acceptors (Lipinski definition) is 6. The van der Waals surface area contributed by atoms with Gasteiger partial charge >= 0.3 is 5.97 Å². The molecule has 1 unspecified atom stereocenters. The van der Waals surface area contributed by atoms with Crippen LogP contribution in [0.25, 0.3) is 0 Å². The summed E-state index contributed by atoms with van der Waals surface area (Å²) < 4.78 is 14.9. The maximum Gasteiger partial charge on any atom is 0.325 e. The van der Waals surface area contributed by atoms with Crippen molar-refractivity contribution in [2.75, 3.05) is 27.9 Å². The second-order valence-electron chi connectivity index (χ2n) is 4.33. The maximum absolute atomic E-state index is 12.4. The van der Waals surface area contributed by atoms with Gasteiger partial charge in [-0.1, -0.05) is 0 Å². The van der Waals surface area contributed by atoms with Crippen LogP contribution in [-0.2, 0) is 9.53 Å². The van der Waals surface area contributed by atoms with Gasteiger partial charge in [0.25, 0.3) is 5.91 Å². The van der Waals surface area contributed by atoms with Crippen molar-refractivity contribution in [2.45, 2.75) is 6.04 Å². The van der Waals surface area contributed by atoms with Crippen LogP contribution in [0.15, 0.2) is 12.1 Å². The Hall–Kier alpha value is -2.75. The topological polar surface area (TPSA) is 88.9 Å². The molecule has 0 saturated carbocycles. The fourth-order valence-corrected chi connectivity index (χ4v) is 2.28. The standard InChI is InChI=1S/C14H14N2O5/c1-19-8-4-9-13(11(5-8)20-2)10(6-15)16(14(9)18)7-12(17)21-3/h4-5,10H,7H2,1-3H3. The molecule has 0 saturated heterocycles. The van der Waals surface area contributed by atoms with Crippen molar-refractivity contribution in [3.05, 3.63) is 23.3 Å². The third-order valence-corrected chi connectivity index (χ3v) is 3.30. The first-order valence-electron chi connectivity index (χ1n) is 6.10. The number of nitrogens with zero attached hydrogens (tertiary/aromatic N) is 2. The summed E-state index contributed by atoms with van der Waals surface area (Å²) in [5.41, 5.74) is 0.733. The van der Waals surface area contributed by atoms with E-state index in [-0.39, 0.29) is 6.54 Å². The van der Waals surface area contributed by atoms with E-state index in [1.807, 2.05) is 6.07 Å². The summed E-state index contributed by atoms with van der Waals surface area (Å²) in [5, 5.41) is 9.35. The lowest BCUT2D eigenvalue weighted by Crippen LogP contribution is -2.33. The van der Waals surface area contributed by atoms with E-state index in [0.29, 0.717) is 22.6 Å². The van der Waals surface area contributed by atoms with E-state index in [2.05, 4.69) is 4.74 Å². The summed E-state index contributed by atoms with van der Waals surface area (Å²) in [6.45, 7) is -0.298. The molecule has 110 valence electrons. The van der Waals surface area contributed by atoms with Crippen LogP contribution in [0.3, 0.4) is 0 Å². The molecular weight excluding hydrogens is 276 g/mol. The summed E-state index contributed by atoms with van der Waals surface area (Å²) >= 11 is 0. The number of nitriles is 1. The lowest BCUT2D eigenvalue weighted by molar-refractivity contribution is -0.141. The monoisotopic (exact) mass is 290 g/mol. The van der Waals surface area contributed by atoms with Crippen molar-refractivity contribution < 1.29 is 23.8 Å². The van der Waals surface area contributed by atoms with Crippen molar-refractivity contribution in [1.82, 2.24) is 4.90 Å². The predicted octanol–water partition coefficient (Wildman–Crippen LogP) is 0.897. The van der Waals surface area contributed by atoms with Crippen LogP contribution in [-0.4, -0.2) is 44.7 Å². The SMILES string of the molecule is COC(=O)CN1C(=O)c2cc(OC)cc(OC)c2C1C#N. The van der Waals surface area contributed by atoms with Crippen LogP contribution in [0, 0.1) is 11.3 Å². The molecule has 1 aliphatic heterocycles. The Bertz CT molecular complexity index is 635. The van der Waals surface area contributed by atoms with Gasteiger partial charge in [-0.2, -0.15) is 5.26 Å². The Balaban J connectivity index is 2.53. The summed E-state index contributed by atoms with van der Waals surface area (Å²) in [6.07, 6.45) is 0. The molecule has 2 rings (SSSR count). The second-order valence-corrected chi connectivity index (χ2v) is 4.33. The highest BCUT2D eigenvalue weighted by Crippen LogP contribution is 2.41. The van der Waals surface area contributed by atoms with Crippen molar-refractivity contribution in [1.29, 1.82) is 5.26 Å². The third-order valence-electron chi connectivity index (χ3n) is 3.30. The van der Waals surface area contributed by atoms with Crippen molar-refractivity contribution in [3.8, 4) is 17.6 Å². The molecule has 21 heavy (non-hydrogen) atoms. The molecule has 1 amide bonds. The molecule has 7 nitrogen and oxygen atoms in total. The zero-order chi connectivity index (χ0) is 15.6. The summed E-state index contributed by atoms with van der Waals surface area (Å²) in [5.74, 6) is -0.214. The van der Waals surface area contributed by atoms with Gasteiger partial charge in [-0.3, -0.25) is 9.59 Å². The number of amides is 1.